The van der Waals surface area contributed by atoms with Crippen molar-refractivity contribution in [1.29, 1.82) is 0 Å². The van der Waals surface area contributed by atoms with Crippen molar-refractivity contribution < 1.29 is 30.6 Å². The summed E-state index contributed by atoms with van der Waals surface area (Å²) in [5.74, 6) is -4.89. The van der Waals surface area contributed by atoms with Crippen LogP contribution in [0.25, 0.3) is 0 Å². The highest BCUT2D eigenvalue weighted by molar-refractivity contribution is 7.86. The molecule has 0 N–H and O–H groups in total. The Bertz CT molecular complexity index is 1520. The normalized spacial score (nSPS) is 24.6. The number of ketones is 1. The first-order chi connectivity index (χ1) is 18.3. The van der Waals surface area contributed by atoms with Gasteiger partial charge in [0.25, 0.3) is 10.1 Å². The van der Waals surface area contributed by atoms with Crippen molar-refractivity contribution in [3.05, 3.63) is 72.1 Å². The summed E-state index contributed by atoms with van der Waals surface area (Å²) in [6, 6.07) is 2.60. The van der Waals surface area contributed by atoms with Gasteiger partial charge in [0.15, 0.2) is 5.82 Å². The molecule has 0 saturated heterocycles. The van der Waals surface area contributed by atoms with Crippen molar-refractivity contribution in [2.24, 2.45) is 16.7 Å². The van der Waals surface area contributed by atoms with Gasteiger partial charge in [0.05, 0.1) is 29.6 Å². The van der Waals surface area contributed by atoms with Crippen molar-refractivity contribution in [3.63, 3.8) is 0 Å². The largest absolute Gasteiger partial charge is 0.299 e. The van der Waals surface area contributed by atoms with Crippen LogP contribution >= 0.6 is 0 Å². The fourth-order valence-electron chi connectivity index (χ4n) is 6.51. The van der Waals surface area contributed by atoms with Gasteiger partial charge in [-0.3, -0.25) is 8.98 Å². The summed E-state index contributed by atoms with van der Waals surface area (Å²) in [6.07, 6.45) is 5.78. The van der Waals surface area contributed by atoms with E-state index in [4.69, 9.17) is 4.18 Å². The molecule has 39 heavy (non-hydrogen) atoms. The Balaban J connectivity index is 1.68. The van der Waals surface area contributed by atoms with Crippen LogP contribution in [0.4, 0.5) is 13.2 Å². The van der Waals surface area contributed by atoms with Gasteiger partial charge in [-0.25, -0.2) is 32.8 Å². The maximum atomic E-state index is 15.5. The number of fused-ring (bicyclic) bond motifs is 2. The molecular formula is C26H28F3N5O4S. The number of benzene rings is 1. The van der Waals surface area contributed by atoms with Crippen LogP contribution in [-0.4, -0.2) is 44.7 Å². The van der Waals surface area contributed by atoms with Gasteiger partial charge in [0, 0.05) is 24.0 Å². The highest BCUT2D eigenvalue weighted by Crippen LogP contribution is 2.64. The van der Waals surface area contributed by atoms with E-state index in [9.17, 15) is 17.6 Å². The van der Waals surface area contributed by atoms with E-state index in [1.165, 1.54) is 24.3 Å². The standard InChI is InChI=1S/C26H28F3N5O4S/c1-16(23-21(29)10-30-13-32-23)26(11-34-15-31-14-33-34,19-5-4-18(27)9-20(19)28)38-39(36,37)12-25-7-6-17(8-22(25)35)24(25,2)3/h4-5,9-10,13-17H,6-8,11-12H2,1-3H3/t16?,17-,25-,26?/m1/s1. The fourth-order valence-corrected chi connectivity index (χ4v) is 8.59. The average molecular weight is 564 g/mol. The van der Waals surface area contributed by atoms with E-state index in [0.717, 1.165) is 24.7 Å². The molecule has 2 saturated carbocycles. The summed E-state index contributed by atoms with van der Waals surface area (Å²) in [6.45, 7) is 4.74. The molecule has 0 spiro atoms. The summed E-state index contributed by atoms with van der Waals surface area (Å²) in [5, 5.41) is 4.03. The van der Waals surface area contributed by atoms with Gasteiger partial charge in [-0.05, 0) is 30.2 Å². The maximum absolute atomic E-state index is 15.5. The summed E-state index contributed by atoms with van der Waals surface area (Å²) in [7, 11) is -4.62. The molecule has 1 aromatic carbocycles. The molecule has 4 atom stereocenters. The van der Waals surface area contributed by atoms with Crippen LogP contribution in [0.2, 0.25) is 0 Å². The molecule has 2 heterocycles. The Hall–Kier alpha value is -3.19. The first-order valence-electron chi connectivity index (χ1n) is 12.5. The molecule has 5 rings (SSSR count). The molecule has 2 aromatic heterocycles. The number of carbonyl (C=O) groups is 1. The lowest BCUT2D eigenvalue weighted by Crippen LogP contribution is -2.47. The van der Waals surface area contributed by atoms with E-state index < -0.39 is 62.2 Å². The number of Topliss-reactive ketones (excluding diaryl/α,β-unsaturated/α-hetero) is 1. The van der Waals surface area contributed by atoms with Crippen LogP contribution in [0.1, 0.15) is 57.2 Å². The molecule has 0 radical (unpaired) electrons. The van der Waals surface area contributed by atoms with Crippen molar-refractivity contribution in [2.45, 2.75) is 58.1 Å². The van der Waals surface area contributed by atoms with Gasteiger partial charge in [0.2, 0.25) is 0 Å². The minimum Gasteiger partial charge on any atom is -0.299 e. The van der Waals surface area contributed by atoms with E-state index in [1.54, 1.807) is 0 Å². The minimum atomic E-state index is -4.62. The Morgan fingerprint density at radius 3 is 2.54 bits per heavy atom. The van der Waals surface area contributed by atoms with E-state index in [0.29, 0.717) is 18.9 Å². The SMILES string of the molecule is CC(c1ncncc1F)C(Cn1cncn1)(OS(=O)(=O)C[C@]12CC[C@H](CC1=O)C2(C)C)c1ccc(F)cc1F. The summed E-state index contributed by atoms with van der Waals surface area (Å²) in [4.78, 5) is 24.6. The first-order valence-corrected chi connectivity index (χ1v) is 14.1. The van der Waals surface area contributed by atoms with Crippen LogP contribution in [0.15, 0.2) is 43.4 Å². The third-order valence-electron chi connectivity index (χ3n) is 8.89. The zero-order valence-electron chi connectivity index (χ0n) is 21.6. The second-order valence-corrected chi connectivity index (χ2v) is 12.6. The Labute approximate surface area is 224 Å². The molecular weight excluding hydrogens is 535 g/mol. The molecule has 2 fully saturated rings. The van der Waals surface area contributed by atoms with Gasteiger partial charge in [-0.15, -0.1) is 0 Å². The zero-order chi connectivity index (χ0) is 28.2. The topological polar surface area (TPSA) is 117 Å². The van der Waals surface area contributed by atoms with Crippen molar-refractivity contribution in [2.75, 3.05) is 5.75 Å². The number of nitrogens with zero attached hydrogens (tertiary/aromatic N) is 5. The predicted octanol–water partition coefficient (Wildman–Crippen LogP) is 3.93. The summed E-state index contributed by atoms with van der Waals surface area (Å²) >= 11 is 0. The van der Waals surface area contributed by atoms with Crippen LogP contribution in [0, 0.1) is 34.2 Å². The minimum absolute atomic E-state index is 0.0451. The molecule has 9 nitrogen and oxygen atoms in total. The molecule has 2 unspecified atom stereocenters. The van der Waals surface area contributed by atoms with Gasteiger partial charge < -0.3 is 0 Å². The number of rotatable bonds is 9. The monoisotopic (exact) mass is 563 g/mol. The number of aromatic nitrogens is 5. The Morgan fingerprint density at radius 1 is 1.18 bits per heavy atom. The third kappa shape index (κ3) is 4.45. The summed E-state index contributed by atoms with van der Waals surface area (Å²) < 4.78 is 79.6. The lowest BCUT2D eigenvalue weighted by atomic mass is 9.70. The first kappa shape index (κ1) is 27.4. The lowest BCUT2D eigenvalue weighted by molar-refractivity contribution is -0.128. The van der Waals surface area contributed by atoms with E-state index in [-0.39, 0.29) is 29.4 Å². The predicted molar refractivity (Wildman–Crippen MR) is 132 cm³/mol. The van der Waals surface area contributed by atoms with Crippen molar-refractivity contribution in [3.8, 4) is 0 Å². The van der Waals surface area contributed by atoms with E-state index in [1.807, 2.05) is 13.8 Å². The quantitative estimate of drug-likeness (QED) is 0.360. The molecule has 0 aliphatic heterocycles. The molecule has 2 aliphatic carbocycles. The van der Waals surface area contributed by atoms with Crippen molar-refractivity contribution in [1.82, 2.24) is 24.7 Å². The molecule has 208 valence electrons. The second-order valence-electron chi connectivity index (χ2n) is 11.0. The Morgan fingerprint density at radius 2 is 1.95 bits per heavy atom. The number of halogens is 3. The van der Waals surface area contributed by atoms with Crippen LogP contribution < -0.4 is 0 Å². The molecule has 2 aliphatic rings. The highest BCUT2D eigenvalue weighted by atomic mass is 32.2. The smallest absolute Gasteiger partial charge is 0.269 e. The summed E-state index contributed by atoms with van der Waals surface area (Å²) in [5.41, 5.74) is -4.59. The van der Waals surface area contributed by atoms with Crippen LogP contribution in [-0.2, 0) is 31.2 Å². The van der Waals surface area contributed by atoms with Crippen molar-refractivity contribution >= 4 is 15.9 Å². The van der Waals surface area contributed by atoms with E-state index >= 15 is 8.78 Å². The van der Waals surface area contributed by atoms with Gasteiger partial charge in [-0.1, -0.05) is 26.8 Å². The van der Waals surface area contributed by atoms with E-state index in [2.05, 4.69) is 20.1 Å². The Kier molecular flexibility index (Phi) is 6.65. The zero-order valence-corrected chi connectivity index (χ0v) is 22.5. The van der Waals surface area contributed by atoms with Gasteiger partial charge in [0.1, 0.15) is 42.0 Å². The van der Waals surface area contributed by atoms with Gasteiger partial charge in [-0.2, -0.15) is 13.5 Å². The lowest BCUT2D eigenvalue weighted by Gasteiger charge is -2.41. The third-order valence-corrected chi connectivity index (χ3v) is 10.3. The molecule has 13 heteroatoms. The number of hydrogen-bond acceptors (Lipinski definition) is 8. The molecule has 2 bridgehead atoms. The van der Waals surface area contributed by atoms with Crippen LogP contribution in [0.3, 0.4) is 0 Å². The highest BCUT2D eigenvalue weighted by Gasteiger charge is 2.66. The number of carbonyl (C=O) groups excluding carboxylic acids is 1. The van der Waals surface area contributed by atoms with Gasteiger partial charge >= 0.3 is 0 Å². The molecule has 0 amide bonds. The molecule has 3 aromatic rings. The van der Waals surface area contributed by atoms with Crippen LogP contribution in [0.5, 0.6) is 0 Å². The maximum Gasteiger partial charge on any atom is 0.269 e. The second kappa shape index (κ2) is 9.47. The fraction of sp³-hybridized carbons (Fsp3) is 0.500. The number of hydrogen-bond donors (Lipinski definition) is 0. The average Bonchev–Trinajstić information content (AvgIpc) is 3.49.